The minimum absolute atomic E-state index is 0.0407. The lowest BCUT2D eigenvalue weighted by atomic mass is 10.2. The third-order valence-corrected chi connectivity index (χ3v) is 6.50. The molecular weight excluding hydrogens is 424 g/mol. The van der Waals surface area contributed by atoms with Gasteiger partial charge in [-0.2, -0.15) is 0 Å². The molecule has 0 radical (unpaired) electrons. The Morgan fingerprint density at radius 2 is 2.09 bits per heavy atom. The number of nitrogens with zero attached hydrogens (tertiary/aromatic N) is 3. The number of anilines is 2. The van der Waals surface area contributed by atoms with Gasteiger partial charge in [-0.25, -0.2) is 4.98 Å². The van der Waals surface area contributed by atoms with Gasteiger partial charge in [-0.05, 0) is 37.2 Å². The monoisotopic (exact) mass is 452 g/mol. The first-order valence-corrected chi connectivity index (χ1v) is 11.5. The van der Waals surface area contributed by atoms with Crippen LogP contribution in [0, 0.1) is 0 Å². The van der Waals surface area contributed by atoms with Gasteiger partial charge in [0.15, 0.2) is 0 Å². The van der Waals surface area contributed by atoms with Crippen LogP contribution in [0.5, 0.6) is 11.6 Å². The average Bonchev–Trinajstić information content (AvgIpc) is 3.32. The van der Waals surface area contributed by atoms with E-state index < -0.39 is 0 Å². The molecule has 1 aliphatic heterocycles. The Labute approximate surface area is 192 Å². The number of nitrogens with one attached hydrogen (secondary N) is 1. The summed E-state index contributed by atoms with van der Waals surface area (Å²) in [5, 5.41) is 5.26. The number of aromatic nitrogens is 1. The van der Waals surface area contributed by atoms with Crippen LogP contribution >= 0.6 is 11.3 Å². The molecule has 1 atom stereocenters. The van der Waals surface area contributed by atoms with Crippen LogP contribution < -0.4 is 24.6 Å². The Morgan fingerprint density at radius 1 is 1.22 bits per heavy atom. The van der Waals surface area contributed by atoms with Crippen molar-refractivity contribution in [3.63, 3.8) is 0 Å². The molecule has 0 saturated carbocycles. The van der Waals surface area contributed by atoms with Gasteiger partial charge in [-0.15, -0.1) is 11.3 Å². The number of hydrogen-bond acceptors (Lipinski definition) is 7. The highest BCUT2D eigenvalue weighted by Gasteiger charge is 2.27. The second-order valence-corrected chi connectivity index (χ2v) is 8.61. The molecular formula is C24H28N4O3S. The summed E-state index contributed by atoms with van der Waals surface area (Å²) < 4.78 is 11.6. The van der Waals surface area contributed by atoms with Crippen molar-refractivity contribution >= 4 is 28.6 Å². The van der Waals surface area contributed by atoms with Crippen LogP contribution in [-0.2, 0) is 0 Å². The highest BCUT2D eigenvalue weighted by atomic mass is 32.1. The number of benzene rings is 1. The lowest BCUT2D eigenvalue weighted by molar-refractivity contribution is 0.0990. The number of carbonyl (C=O) groups is 1. The van der Waals surface area contributed by atoms with Gasteiger partial charge in [0.2, 0.25) is 5.88 Å². The van der Waals surface area contributed by atoms with E-state index >= 15 is 0 Å². The molecule has 2 aromatic heterocycles. The molecule has 0 bridgehead atoms. The summed E-state index contributed by atoms with van der Waals surface area (Å²) in [6.45, 7) is 2.10. The van der Waals surface area contributed by atoms with Crippen molar-refractivity contribution in [1.29, 1.82) is 0 Å². The van der Waals surface area contributed by atoms with Crippen LogP contribution in [0.3, 0.4) is 0 Å². The van der Waals surface area contributed by atoms with Gasteiger partial charge in [-0.3, -0.25) is 4.79 Å². The fourth-order valence-electron chi connectivity index (χ4n) is 3.78. The SMILES string of the molecule is CNCC[C@H](Oc1cccc(N2CCN(C)c3cc(OC)ncc3C2=O)c1)c1cccs1. The zero-order valence-corrected chi connectivity index (χ0v) is 19.4. The predicted molar refractivity (Wildman–Crippen MR) is 128 cm³/mol. The smallest absolute Gasteiger partial charge is 0.262 e. The molecule has 0 saturated heterocycles. The maximum Gasteiger partial charge on any atom is 0.262 e. The lowest BCUT2D eigenvalue weighted by Crippen LogP contribution is -2.33. The fraction of sp³-hybridized carbons (Fsp3) is 0.333. The second-order valence-electron chi connectivity index (χ2n) is 7.63. The van der Waals surface area contributed by atoms with Gasteiger partial charge >= 0.3 is 0 Å². The van der Waals surface area contributed by atoms with E-state index in [0.29, 0.717) is 24.5 Å². The van der Waals surface area contributed by atoms with E-state index in [1.807, 2.05) is 50.5 Å². The van der Waals surface area contributed by atoms with Crippen molar-refractivity contribution < 1.29 is 14.3 Å². The standard InChI is InChI=1S/C24H28N4O3S/c1-25-10-9-21(22-8-5-13-32-22)31-18-7-4-6-17(14-18)28-12-11-27(2)20-15-23(30-3)26-16-19(20)24(28)29/h4-8,13-16,21,25H,9-12H2,1-3H3/t21-/m0/s1. The van der Waals surface area contributed by atoms with E-state index in [-0.39, 0.29) is 12.0 Å². The molecule has 4 rings (SSSR count). The van der Waals surface area contributed by atoms with Crippen LogP contribution in [0.4, 0.5) is 11.4 Å². The predicted octanol–water partition coefficient (Wildman–Crippen LogP) is 3.98. The summed E-state index contributed by atoms with van der Waals surface area (Å²) in [6, 6.07) is 13.7. The molecule has 32 heavy (non-hydrogen) atoms. The van der Waals surface area contributed by atoms with Crippen molar-refractivity contribution in [3.05, 3.63) is 64.5 Å². The number of fused-ring (bicyclic) bond motifs is 1. The summed E-state index contributed by atoms with van der Waals surface area (Å²) in [5.41, 5.74) is 2.19. The third-order valence-electron chi connectivity index (χ3n) is 5.54. The van der Waals surface area contributed by atoms with Crippen LogP contribution in [0.1, 0.15) is 27.8 Å². The van der Waals surface area contributed by atoms with Crippen LogP contribution in [-0.4, -0.2) is 51.7 Å². The molecule has 1 amide bonds. The van der Waals surface area contributed by atoms with Crippen molar-refractivity contribution in [2.75, 3.05) is 50.6 Å². The minimum Gasteiger partial charge on any atom is -0.485 e. The van der Waals surface area contributed by atoms with Gasteiger partial charge in [-0.1, -0.05) is 12.1 Å². The number of rotatable bonds is 8. The Bertz CT molecular complexity index is 1060. The number of thiophene rings is 1. The second kappa shape index (κ2) is 10.0. The van der Waals surface area contributed by atoms with E-state index in [2.05, 4.69) is 26.6 Å². The molecule has 3 aromatic rings. The molecule has 0 aliphatic carbocycles. The molecule has 0 fully saturated rings. The average molecular weight is 453 g/mol. The number of hydrogen-bond donors (Lipinski definition) is 1. The molecule has 8 heteroatoms. The van der Waals surface area contributed by atoms with E-state index in [4.69, 9.17) is 9.47 Å². The maximum absolute atomic E-state index is 13.4. The number of ether oxygens (including phenoxy) is 2. The summed E-state index contributed by atoms with van der Waals surface area (Å²) in [4.78, 5) is 22.7. The van der Waals surface area contributed by atoms with Gasteiger partial charge in [0, 0.05) is 55.5 Å². The maximum atomic E-state index is 13.4. The van der Waals surface area contributed by atoms with Crippen LogP contribution in [0.2, 0.25) is 0 Å². The van der Waals surface area contributed by atoms with E-state index in [1.165, 1.54) is 4.88 Å². The molecule has 7 nitrogen and oxygen atoms in total. The molecule has 1 aromatic carbocycles. The zero-order chi connectivity index (χ0) is 22.5. The Morgan fingerprint density at radius 3 is 2.84 bits per heavy atom. The van der Waals surface area contributed by atoms with Crippen molar-refractivity contribution in [2.45, 2.75) is 12.5 Å². The normalized spacial score (nSPS) is 14.7. The molecule has 168 valence electrons. The number of likely N-dealkylation sites (N-methyl/N-ethyl adjacent to an activating group) is 1. The topological polar surface area (TPSA) is 66.9 Å². The molecule has 3 heterocycles. The van der Waals surface area contributed by atoms with Crippen molar-refractivity contribution in [3.8, 4) is 11.6 Å². The van der Waals surface area contributed by atoms with Crippen molar-refractivity contribution in [1.82, 2.24) is 10.3 Å². The number of amides is 1. The van der Waals surface area contributed by atoms with Crippen LogP contribution in [0.15, 0.2) is 54.0 Å². The number of pyridine rings is 1. The third kappa shape index (κ3) is 4.71. The first-order valence-electron chi connectivity index (χ1n) is 10.6. The fourth-order valence-corrected chi connectivity index (χ4v) is 4.57. The Balaban J connectivity index is 1.60. The largest absolute Gasteiger partial charge is 0.485 e. The van der Waals surface area contributed by atoms with Gasteiger partial charge in [0.1, 0.15) is 11.9 Å². The first-order chi connectivity index (χ1) is 15.6. The lowest BCUT2D eigenvalue weighted by Gasteiger charge is -2.23. The molecule has 0 spiro atoms. The van der Waals surface area contributed by atoms with E-state index in [1.54, 1.807) is 29.5 Å². The first kappa shape index (κ1) is 22.1. The highest BCUT2D eigenvalue weighted by molar-refractivity contribution is 7.10. The molecule has 0 unspecified atom stereocenters. The Hall–Kier alpha value is -3.10. The molecule has 1 aliphatic rings. The number of methoxy groups -OCH3 is 1. The van der Waals surface area contributed by atoms with Gasteiger partial charge < -0.3 is 24.6 Å². The van der Waals surface area contributed by atoms with Gasteiger partial charge in [0.25, 0.3) is 5.91 Å². The molecule has 1 N–H and O–H groups in total. The Kier molecular flexibility index (Phi) is 6.92. The summed E-state index contributed by atoms with van der Waals surface area (Å²) in [6.07, 6.45) is 2.41. The van der Waals surface area contributed by atoms with Crippen LogP contribution in [0.25, 0.3) is 0 Å². The van der Waals surface area contributed by atoms with Crippen molar-refractivity contribution in [2.24, 2.45) is 0 Å². The summed E-state index contributed by atoms with van der Waals surface area (Å²) in [7, 11) is 5.49. The quantitative estimate of drug-likeness (QED) is 0.558. The van der Waals surface area contributed by atoms with E-state index in [9.17, 15) is 4.79 Å². The summed E-state index contributed by atoms with van der Waals surface area (Å²) >= 11 is 1.69. The number of carbonyl (C=O) groups excluding carboxylic acids is 1. The van der Waals surface area contributed by atoms with Gasteiger partial charge in [0.05, 0.1) is 18.4 Å². The minimum atomic E-state index is -0.0818. The zero-order valence-electron chi connectivity index (χ0n) is 18.6. The highest BCUT2D eigenvalue weighted by Crippen LogP contribution is 2.33. The summed E-state index contributed by atoms with van der Waals surface area (Å²) in [5.74, 6) is 1.16. The van der Waals surface area contributed by atoms with E-state index in [0.717, 1.165) is 30.1 Å².